The Morgan fingerprint density at radius 2 is 1.90 bits per heavy atom. The van der Waals surface area contributed by atoms with Gasteiger partial charge in [-0.2, -0.15) is 18.3 Å². The van der Waals surface area contributed by atoms with E-state index in [2.05, 4.69) is 23.4 Å². The third-order valence-electron chi connectivity index (χ3n) is 3.12. The summed E-state index contributed by atoms with van der Waals surface area (Å²) in [6.07, 6.45) is 1.67. The molecule has 0 spiro atoms. The molecule has 0 N–H and O–H groups in total. The zero-order valence-corrected chi connectivity index (χ0v) is 11.0. The smallest absolute Gasteiger partial charge is 0.242 e. The standard InChI is InChI=1S/C7H11F3.C6H6FN3/c8-7(9,10)6-4-2-1-3-5-6;1-3-10-6(8-2)5(7)4-9-10/h6H,1-5H2;3-4H,1-2H2. The second kappa shape index (κ2) is 7.21. The molecule has 3 nitrogen and oxygen atoms in total. The van der Waals surface area contributed by atoms with Gasteiger partial charge in [-0.3, -0.25) is 0 Å². The van der Waals surface area contributed by atoms with E-state index >= 15 is 0 Å². The molecule has 1 aromatic rings. The zero-order valence-electron chi connectivity index (χ0n) is 11.0. The molecule has 2 rings (SSSR count). The molecule has 1 aliphatic rings. The lowest BCUT2D eigenvalue weighted by Gasteiger charge is -2.23. The largest absolute Gasteiger partial charge is 0.391 e. The van der Waals surface area contributed by atoms with Crippen LogP contribution in [-0.2, 0) is 0 Å². The summed E-state index contributed by atoms with van der Waals surface area (Å²) in [5.41, 5.74) is 0. The lowest BCUT2D eigenvalue weighted by atomic mass is 9.89. The summed E-state index contributed by atoms with van der Waals surface area (Å²) in [7, 11) is 0. The van der Waals surface area contributed by atoms with Gasteiger partial charge in [0.25, 0.3) is 0 Å². The normalized spacial score (nSPS) is 16.2. The third-order valence-corrected chi connectivity index (χ3v) is 3.12. The van der Waals surface area contributed by atoms with E-state index in [-0.39, 0.29) is 5.82 Å². The van der Waals surface area contributed by atoms with Gasteiger partial charge in [0.05, 0.1) is 12.1 Å². The average molecular weight is 291 g/mol. The predicted octanol–water partition coefficient (Wildman–Crippen LogP) is 4.58. The van der Waals surface area contributed by atoms with Gasteiger partial charge in [-0.1, -0.05) is 25.8 Å². The van der Waals surface area contributed by atoms with Crippen LogP contribution in [-0.4, -0.2) is 22.7 Å². The number of halogens is 4. The van der Waals surface area contributed by atoms with E-state index in [0.29, 0.717) is 12.8 Å². The van der Waals surface area contributed by atoms with Crippen molar-refractivity contribution in [2.75, 3.05) is 0 Å². The number of aromatic nitrogens is 2. The first kappa shape index (κ1) is 16.4. The third kappa shape index (κ3) is 4.47. The van der Waals surface area contributed by atoms with Gasteiger partial charge in [0, 0.05) is 6.20 Å². The zero-order chi connectivity index (χ0) is 15.2. The Labute approximate surface area is 115 Å². The van der Waals surface area contributed by atoms with Crippen molar-refractivity contribution >= 4 is 18.7 Å². The highest BCUT2D eigenvalue weighted by molar-refractivity contribution is 5.44. The van der Waals surface area contributed by atoms with Crippen molar-refractivity contribution in [2.24, 2.45) is 10.9 Å². The van der Waals surface area contributed by atoms with E-state index < -0.39 is 17.9 Å². The first-order valence-corrected chi connectivity index (χ1v) is 6.29. The second-order valence-electron chi connectivity index (χ2n) is 4.48. The highest BCUT2D eigenvalue weighted by atomic mass is 19.4. The molecule has 1 aromatic heterocycles. The molecule has 7 heteroatoms. The summed E-state index contributed by atoms with van der Waals surface area (Å²) in [4.78, 5) is 3.41. The van der Waals surface area contributed by atoms with Crippen LogP contribution >= 0.6 is 0 Å². The molecule has 0 saturated heterocycles. The van der Waals surface area contributed by atoms with Crippen LogP contribution in [0.5, 0.6) is 0 Å². The Morgan fingerprint density at radius 1 is 1.30 bits per heavy atom. The molecule has 0 amide bonds. The number of hydrogen-bond acceptors (Lipinski definition) is 2. The predicted molar refractivity (Wildman–Crippen MR) is 70.4 cm³/mol. The molecule has 0 bridgehead atoms. The summed E-state index contributed by atoms with van der Waals surface area (Å²) in [6, 6.07) is 0. The van der Waals surface area contributed by atoms with Gasteiger partial charge in [0.1, 0.15) is 0 Å². The van der Waals surface area contributed by atoms with Crippen molar-refractivity contribution < 1.29 is 17.6 Å². The molecule has 1 aliphatic carbocycles. The van der Waals surface area contributed by atoms with E-state index in [1.165, 1.54) is 10.9 Å². The summed E-state index contributed by atoms with van der Waals surface area (Å²) >= 11 is 0. The first-order valence-electron chi connectivity index (χ1n) is 6.29. The molecule has 1 fully saturated rings. The fraction of sp³-hybridized carbons (Fsp3) is 0.538. The molecule has 0 aromatic carbocycles. The number of hydrogen-bond donors (Lipinski definition) is 0. The Bertz CT molecular complexity index is 445. The SMILES string of the molecule is C=Cn1ncc(F)c1N=C.FC(F)(F)C1CCCCC1. The highest BCUT2D eigenvalue weighted by Crippen LogP contribution is 2.37. The summed E-state index contributed by atoms with van der Waals surface area (Å²) in [5.74, 6) is -1.40. The Morgan fingerprint density at radius 3 is 2.25 bits per heavy atom. The van der Waals surface area contributed by atoms with Crippen LogP contribution in [0, 0.1) is 11.7 Å². The van der Waals surface area contributed by atoms with Gasteiger partial charge in [0.2, 0.25) is 0 Å². The van der Waals surface area contributed by atoms with Gasteiger partial charge >= 0.3 is 6.18 Å². The quantitative estimate of drug-likeness (QED) is 0.579. The van der Waals surface area contributed by atoms with Crippen LogP contribution in [0.15, 0.2) is 17.8 Å². The van der Waals surface area contributed by atoms with E-state index in [1.807, 2.05) is 0 Å². The molecule has 112 valence electrons. The summed E-state index contributed by atoms with van der Waals surface area (Å²) in [6.45, 7) is 6.57. The molecule has 1 saturated carbocycles. The van der Waals surface area contributed by atoms with E-state index in [0.717, 1.165) is 25.5 Å². The van der Waals surface area contributed by atoms with Crippen LogP contribution in [0.25, 0.3) is 6.20 Å². The van der Waals surface area contributed by atoms with Gasteiger partial charge < -0.3 is 0 Å². The maximum atomic E-state index is 12.5. The highest BCUT2D eigenvalue weighted by Gasteiger charge is 2.39. The molecular weight excluding hydrogens is 274 g/mol. The average Bonchev–Trinajstić information content (AvgIpc) is 2.80. The molecule has 0 radical (unpaired) electrons. The number of alkyl halides is 3. The van der Waals surface area contributed by atoms with Crippen molar-refractivity contribution in [3.05, 3.63) is 18.6 Å². The Kier molecular flexibility index (Phi) is 5.91. The van der Waals surface area contributed by atoms with Crippen LogP contribution in [0.4, 0.5) is 23.4 Å². The lowest BCUT2D eigenvalue weighted by Crippen LogP contribution is -2.24. The minimum Gasteiger partial charge on any atom is -0.242 e. The lowest BCUT2D eigenvalue weighted by molar-refractivity contribution is -0.181. The maximum absolute atomic E-state index is 12.5. The van der Waals surface area contributed by atoms with Crippen molar-refractivity contribution in [1.82, 2.24) is 9.78 Å². The maximum Gasteiger partial charge on any atom is 0.391 e. The minimum absolute atomic E-state index is 0.0926. The number of rotatable bonds is 2. The monoisotopic (exact) mass is 291 g/mol. The van der Waals surface area contributed by atoms with Gasteiger partial charge in [-0.25, -0.2) is 14.1 Å². The molecule has 0 unspecified atom stereocenters. The Hall–Kier alpha value is -1.66. The van der Waals surface area contributed by atoms with E-state index in [1.54, 1.807) is 0 Å². The van der Waals surface area contributed by atoms with Crippen LogP contribution in [0.1, 0.15) is 32.1 Å². The van der Waals surface area contributed by atoms with Gasteiger partial charge in [-0.05, 0) is 19.6 Å². The van der Waals surface area contributed by atoms with Crippen LogP contribution in [0.2, 0.25) is 0 Å². The van der Waals surface area contributed by atoms with Crippen molar-refractivity contribution in [2.45, 2.75) is 38.3 Å². The van der Waals surface area contributed by atoms with Crippen molar-refractivity contribution in [1.29, 1.82) is 0 Å². The van der Waals surface area contributed by atoms with Crippen LogP contribution in [0.3, 0.4) is 0 Å². The summed E-state index contributed by atoms with van der Waals surface area (Å²) < 4.78 is 49.6. The minimum atomic E-state index is -3.93. The Balaban J connectivity index is 0.000000200. The fourth-order valence-electron chi connectivity index (χ4n) is 2.05. The number of nitrogens with zero attached hydrogens (tertiary/aromatic N) is 3. The van der Waals surface area contributed by atoms with Gasteiger partial charge in [0.15, 0.2) is 11.6 Å². The van der Waals surface area contributed by atoms with E-state index in [4.69, 9.17) is 0 Å². The molecule has 20 heavy (non-hydrogen) atoms. The molecule has 0 aliphatic heterocycles. The number of aliphatic imine (C=N–C) groups is 1. The molecule has 0 atom stereocenters. The van der Waals surface area contributed by atoms with Crippen molar-refractivity contribution in [3.63, 3.8) is 0 Å². The summed E-state index contributed by atoms with van der Waals surface area (Å²) in [5, 5.41) is 3.59. The second-order valence-corrected chi connectivity index (χ2v) is 4.48. The van der Waals surface area contributed by atoms with E-state index in [9.17, 15) is 17.6 Å². The van der Waals surface area contributed by atoms with Gasteiger partial charge in [-0.15, -0.1) is 0 Å². The fourth-order valence-corrected chi connectivity index (χ4v) is 2.05. The van der Waals surface area contributed by atoms with Crippen LogP contribution < -0.4 is 0 Å². The molecular formula is C13H17F4N3. The topological polar surface area (TPSA) is 30.2 Å². The van der Waals surface area contributed by atoms with Crippen molar-refractivity contribution in [3.8, 4) is 0 Å². The first-order chi connectivity index (χ1) is 9.40. The molecule has 1 heterocycles.